The summed E-state index contributed by atoms with van der Waals surface area (Å²) < 4.78 is 32.3. The molecular weight excluding hydrogens is 318 g/mol. The summed E-state index contributed by atoms with van der Waals surface area (Å²) in [7, 11) is 0. The van der Waals surface area contributed by atoms with E-state index in [9.17, 15) is 13.6 Å². The molecule has 2 aromatic rings. The van der Waals surface area contributed by atoms with Crippen molar-refractivity contribution in [2.75, 3.05) is 31.2 Å². The molecule has 0 radical (unpaired) electrons. The van der Waals surface area contributed by atoms with Crippen LogP contribution in [0.4, 0.5) is 14.6 Å². The average molecular weight is 334 g/mol. The molecule has 1 aromatic heterocycles. The molecule has 24 heavy (non-hydrogen) atoms. The van der Waals surface area contributed by atoms with Gasteiger partial charge in [0, 0.05) is 25.2 Å². The first kappa shape index (κ1) is 16.3. The van der Waals surface area contributed by atoms with Gasteiger partial charge in [0.05, 0.1) is 13.2 Å². The molecule has 1 saturated heterocycles. The molecule has 0 atom stereocenters. The molecule has 0 aliphatic carbocycles. The summed E-state index contributed by atoms with van der Waals surface area (Å²) in [5.74, 6) is -1.29. The molecule has 3 rings (SSSR count). The molecule has 1 amide bonds. The summed E-state index contributed by atoms with van der Waals surface area (Å²) in [6.45, 7) is 2.42. The molecule has 8 heteroatoms. The van der Waals surface area contributed by atoms with Gasteiger partial charge in [-0.3, -0.25) is 4.79 Å². The summed E-state index contributed by atoms with van der Waals surface area (Å²) in [5.41, 5.74) is -0.104. The lowest BCUT2D eigenvalue weighted by molar-refractivity contribution is 0.0944. The fourth-order valence-electron chi connectivity index (χ4n) is 2.37. The zero-order valence-corrected chi connectivity index (χ0v) is 12.8. The van der Waals surface area contributed by atoms with Crippen molar-refractivity contribution in [1.29, 1.82) is 0 Å². The molecular formula is C16H16F2N4O2. The van der Waals surface area contributed by atoms with Crippen molar-refractivity contribution < 1.29 is 18.3 Å². The van der Waals surface area contributed by atoms with Gasteiger partial charge in [-0.1, -0.05) is 6.07 Å². The van der Waals surface area contributed by atoms with E-state index in [0.29, 0.717) is 32.1 Å². The highest BCUT2D eigenvalue weighted by Crippen LogP contribution is 2.13. The number of carbonyl (C=O) groups is 1. The molecule has 0 bridgehead atoms. The summed E-state index contributed by atoms with van der Waals surface area (Å²) in [4.78, 5) is 14.0. The Morgan fingerprint density at radius 1 is 1.12 bits per heavy atom. The first-order chi connectivity index (χ1) is 11.6. The number of ether oxygens (including phenoxy) is 1. The third-order valence-electron chi connectivity index (χ3n) is 3.71. The SMILES string of the molecule is O=C(NCc1c(F)cccc1F)c1ccc(N2CCOCC2)nn1. The predicted molar refractivity (Wildman–Crippen MR) is 82.6 cm³/mol. The van der Waals surface area contributed by atoms with Gasteiger partial charge < -0.3 is 15.0 Å². The van der Waals surface area contributed by atoms with Crippen molar-refractivity contribution in [3.8, 4) is 0 Å². The first-order valence-corrected chi connectivity index (χ1v) is 7.52. The van der Waals surface area contributed by atoms with Gasteiger partial charge in [0.1, 0.15) is 11.6 Å². The molecule has 0 spiro atoms. The number of nitrogens with zero attached hydrogens (tertiary/aromatic N) is 3. The average Bonchev–Trinajstić information content (AvgIpc) is 2.62. The van der Waals surface area contributed by atoms with Crippen LogP contribution in [0.3, 0.4) is 0 Å². The minimum atomic E-state index is -0.705. The molecule has 0 unspecified atom stereocenters. The molecule has 126 valence electrons. The molecule has 1 aromatic carbocycles. The highest BCUT2D eigenvalue weighted by atomic mass is 19.1. The second-order valence-electron chi connectivity index (χ2n) is 5.26. The summed E-state index contributed by atoms with van der Waals surface area (Å²) >= 11 is 0. The summed E-state index contributed by atoms with van der Waals surface area (Å²) in [6.07, 6.45) is 0. The second kappa shape index (κ2) is 7.31. The molecule has 1 N–H and O–H groups in total. The van der Waals surface area contributed by atoms with Crippen molar-refractivity contribution in [3.05, 3.63) is 53.2 Å². The van der Waals surface area contributed by atoms with Crippen molar-refractivity contribution >= 4 is 11.7 Å². The Morgan fingerprint density at radius 2 is 1.83 bits per heavy atom. The number of benzene rings is 1. The van der Waals surface area contributed by atoms with Gasteiger partial charge >= 0.3 is 0 Å². The third kappa shape index (κ3) is 3.65. The van der Waals surface area contributed by atoms with Crippen LogP contribution in [0.2, 0.25) is 0 Å². The van der Waals surface area contributed by atoms with Crippen molar-refractivity contribution in [1.82, 2.24) is 15.5 Å². The van der Waals surface area contributed by atoms with Crippen molar-refractivity contribution in [2.45, 2.75) is 6.54 Å². The van der Waals surface area contributed by atoms with E-state index >= 15 is 0 Å². The maximum Gasteiger partial charge on any atom is 0.272 e. The molecule has 6 nitrogen and oxygen atoms in total. The van der Waals surface area contributed by atoms with Gasteiger partial charge in [0.2, 0.25) is 0 Å². The number of nitrogens with one attached hydrogen (secondary N) is 1. The van der Waals surface area contributed by atoms with Gasteiger partial charge in [-0.05, 0) is 24.3 Å². The van der Waals surface area contributed by atoms with Crippen LogP contribution >= 0.6 is 0 Å². The number of rotatable bonds is 4. The van der Waals surface area contributed by atoms with E-state index in [1.54, 1.807) is 6.07 Å². The van der Waals surface area contributed by atoms with Crippen LogP contribution in [0.15, 0.2) is 30.3 Å². The van der Waals surface area contributed by atoms with Crippen LogP contribution in [0.5, 0.6) is 0 Å². The lowest BCUT2D eigenvalue weighted by Crippen LogP contribution is -2.37. The molecule has 1 aliphatic rings. The number of amides is 1. The quantitative estimate of drug-likeness (QED) is 0.918. The zero-order chi connectivity index (χ0) is 16.9. The largest absolute Gasteiger partial charge is 0.378 e. The fraction of sp³-hybridized carbons (Fsp3) is 0.312. The van der Waals surface area contributed by atoms with Crippen LogP contribution in [0, 0.1) is 11.6 Å². The molecule has 0 saturated carbocycles. The van der Waals surface area contributed by atoms with E-state index in [-0.39, 0.29) is 17.8 Å². The maximum absolute atomic E-state index is 13.5. The minimum absolute atomic E-state index is 0.0868. The highest BCUT2D eigenvalue weighted by molar-refractivity contribution is 5.92. The van der Waals surface area contributed by atoms with Gasteiger partial charge in [-0.15, -0.1) is 10.2 Å². The number of carbonyl (C=O) groups excluding carboxylic acids is 1. The highest BCUT2D eigenvalue weighted by Gasteiger charge is 2.15. The Kier molecular flexibility index (Phi) is 4.95. The summed E-state index contributed by atoms with van der Waals surface area (Å²) in [5, 5.41) is 10.3. The second-order valence-corrected chi connectivity index (χ2v) is 5.26. The van der Waals surface area contributed by atoms with Crippen molar-refractivity contribution in [2.24, 2.45) is 0 Å². The number of anilines is 1. The minimum Gasteiger partial charge on any atom is -0.378 e. The Labute approximate surface area is 137 Å². The van der Waals surface area contributed by atoms with Crippen LogP contribution in [-0.4, -0.2) is 42.4 Å². The van der Waals surface area contributed by atoms with E-state index in [4.69, 9.17) is 4.74 Å². The van der Waals surface area contributed by atoms with E-state index in [1.807, 2.05) is 4.90 Å². The van der Waals surface area contributed by atoms with E-state index in [0.717, 1.165) is 12.1 Å². The lowest BCUT2D eigenvalue weighted by Gasteiger charge is -2.27. The van der Waals surface area contributed by atoms with Crippen LogP contribution < -0.4 is 10.2 Å². The molecule has 1 fully saturated rings. The Balaban J connectivity index is 1.63. The normalized spacial score (nSPS) is 14.5. The zero-order valence-electron chi connectivity index (χ0n) is 12.8. The van der Waals surface area contributed by atoms with E-state index < -0.39 is 17.5 Å². The molecule has 1 aliphatic heterocycles. The smallest absolute Gasteiger partial charge is 0.272 e. The fourth-order valence-corrected chi connectivity index (χ4v) is 2.37. The van der Waals surface area contributed by atoms with Crippen LogP contribution in [0.1, 0.15) is 16.1 Å². The monoisotopic (exact) mass is 334 g/mol. The third-order valence-corrected chi connectivity index (χ3v) is 3.71. The Bertz CT molecular complexity index is 698. The predicted octanol–water partition coefficient (Wildman–Crippen LogP) is 1.52. The lowest BCUT2D eigenvalue weighted by atomic mass is 10.2. The number of hydrogen-bond donors (Lipinski definition) is 1. The summed E-state index contributed by atoms with van der Waals surface area (Å²) in [6, 6.07) is 6.77. The molecule has 2 heterocycles. The Morgan fingerprint density at radius 3 is 2.46 bits per heavy atom. The topological polar surface area (TPSA) is 67.4 Å². The number of aromatic nitrogens is 2. The van der Waals surface area contributed by atoms with Crippen LogP contribution in [-0.2, 0) is 11.3 Å². The standard InChI is InChI=1S/C16H16F2N4O2/c17-12-2-1-3-13(18)11(12)10-19-16(23)14-4-5-15(21-20-14)22-6-8-24-9-7-22/h1-5H,6-10H2,(H,19,23). The van der Waals surface area contributed by atoms with Gasteiger partial charge in [-0.2, -0.15) is 0 Å². The van der Waals surface area contributed by atoms with E-state index in [1.165, 1.54) is 12.1 Å². The first-order valence-electron chi connectivity index (χ1n) is 7.52. The Hall–Kier alpha value is -2.61. The number of halogens is 2. The van der Waals surface area contributed by atoms with Gasteiger partial charge in [-0.25, -0.2) is 8.78 Å². The number of hydrogen-bond acceptors (Lipinski definition) is 5. The van der Waals surface area contributed by atoms with Gasteiger partial charge in [0.25, 0.3) is 5.91 Å². The van der Waals surface area contributed by atoms with Crippen LogP contribution in [0.25, 0.3) is 0 Å². The van der Waals surface area contributed by atoms with Gasteiger partial charge in [0.15, 0.2) is 11.5 Å². The van der Waals surface area contributed by atoms with Crippen molar-refractivity contribution in [3.63, 3.8) is 0 Å². The maximum atomic E-state index is 13.5. The number of morpholine rings is 1. The van der Waals surface area contributed by atoms with E-state index in [2.05, 4.69) is 15.5 Å².